The van der Waals surface area contributed by atoms with E-state index in [4.69, 9.17) is 9.47 Å². The number of rotatable bonds is 8. The fourth-order valence-electron chi connectivity index (χ4n) is 4.54. The van der Waals surface area contributed by atoms with Crippen LogP contribution in [-0.2, 0) is 9.47 Å². The van der Waals surface area contributed by atoms with E-state index in [1.54, 1.807) is 0 Å². The second-order valence-electron chi connectivity index (χ2n) is 9.11. The highest BCUT2D eigenvalue weighted by Crippen LogP contribution is 2.41. The summed E-state index contributed by atoms with van der Waals surface area (Å²) in [6, 6.07) is 20.2. The molecule has 29 heavy (non-hydrogen) atoms. The first-order valence-electron chi connectivity index (χ1n) is 10.5. The minimum atomic E-state index is -2.98. The van der Waals surface area contributed by atoms with Crippen molar-refractivity contribution in [1.29, 1.82) is 0 Å². The maximum absolute atomic E-state index is 12.2. The van der Waals surface area contributed by atoms with Crippen molar-refractivity contribution in [2.45, 2.75) is 70.0 Å². The van der Waals surface area contributed by atoms with Crippen LogP contribution in [0.2, 0.25) is 5.04 Å². The zero-order valence-corrected chi connectivity index (χ0v) is 19.0. The molecular formula is C24H34O4Si. The van der Waals surface area contributed by atoms with Crippen LogP contribution in [0.4, 0.5) is 0 Å². The van der Waals surface area contributed by atoms with Gasteiger partial charge < -0.3 is 19.4 Å². The smallest absolute Gasteiger partial charge is 0.258 e. The van der Waals surface area contributed by atoms with Gasteiger partial charge in [-0.1, -0.05) is 80.9 Å². The standard InChI is InChI=1S/C24H34O4Si/c1-23(2,17-11-16-21-22(18-25)28-24(3,4)27-21)29(26,19-12-7-5-8-13-19)20-14-9-6-10-15-20/h5-10,12-15,21-22,25-26H,11,16-18H2,1-4H3/t21-,22+/m0/s1. The molecule has 5 heteroatoms. The van der Waals surface area contributed by atoms with Crippen LogP contribution >= 0.6 is 0 Å². The van der Waals surface area contributed by atoms with Gasteiger partial charge in [-0.2, -0.15) is 0 Å². The summed E-state index contributed by atoms with van der Waals surface area (Å²) < 4.78 is 11.8. The molecule has 0 radical (unpaired) electrons. The monoisotopic (exact) mass is 414 g/mol. The highest BCUT2D eigenvalue weighted by atomic mass is 28.4. The Kier molecular flexibility index (Phi) is 6.66. The van der Waals surface area contributed by atoms with Gasteiger partial charge in [0.25, 0.3) is 8.32 Å². The van der Waals surface area contributed by atoms with E-state index in [2.05, 4.69) is 38.1 Å². The molecule has 0 spiro atoms. The average molecular weight is 415 g/mol. The van der Waals surface area contributed by atoms with Gasteiger partial charge in [-0.05, 0) is 42.1 Å². The van der Waals surface area contributed by atoms with Crippen LogP contribution in [0, 0.1) is 0 Å². The Morgan fingerprint density at radius 2 is 1.38 bits per heavy atom. The van der Waals surface area contributed by atoms with E-state index in [0.29, 0.717) is 0 Å². The second-order valence-corrected chi connectivity index (χ2v) is 13.0. The topological polar surface area (TPSA) is 58.9 Å². The van der Waals surface area contributed by atoms with Crippen LogP contribution < -0.4 is 10.4 Å². The Labute approximate surface area is 175 Å². The maximum atomic E-state index is 12.2. The lowest BCUT2D eigenvalue weighted by Crippen LogP contribution is -2.65. The molecule has 1 aliphatic rings. The predicted molar refractivity (Wildman–Crippen MR) is 119 cm³/mol. The molecule has 0 saturated carbocycles. The van der Waals surface area contributed by atoms with E-state index in [-0.39, 0.29) is 23.9 Å². The molecule has 0 aliphatic carbocycles. The lowest BCUT2D eigenvalue weighted by atomic mass is 10.0. The Morgan fingerprint density at radius 1 is 0.897 bits per heavy atom. The van der Waals surface area contributed by atoms with E-state index in [1.165, 1.54) is 0 Å². The van der Waals surface area contributed by atoms with Crippen molar-refractivity contribution in [3.8, 4) is 0 Å². The van der Waals surface area contributed by atoms with Crippen molar-refractivity contribution in [1.82, 2.24) is 0 Å². The highest BCUT2D eigenvalue weighted by molar-refractivity contribution is 6.98. The van der Waals surface area contributed by atoms with E-state index in [9.17, 15) is 9.90 Å². The molecule has 0 bridgehead atoms. The molecule has 1 saturated heterocycles. The lowest BCUT2D eigenvalue weighted by Gasteiger charge is -2.41. The van der Waals surface area contributed by atoms with Crippen LogP contribution in [0.5, 0.6) is 0 Å². The zero-order chi connectivity index (χ0) is 21.1. The third-order valence-electron chi connectivity index (χ3n) is 6.12. The first-order chi connectivity index (χ1) is 13.7. The molecule has 0 aromatic heterocycles. The highest BCUT2D eigenvalue weighted by Gasteiger charge is 2.49. The molecule has 2 aromatic rings. The molecule has 2 N–H and O–H groups in total. The third kappa shape index (κ3) is 4.65. The SMILES string of the molecule is CC1(C)O[C@@H](CCCC(C)(C)[Si](O)(c2ccccc2)c2ccccc2)[C@@H](CO)O1. The summed E-state index contributed by atoms with van der Waals surface area (Å²) in [5.41, 5.74) is 0. The number of aliphatic hydroxyl groups excluding tert-OH is 1. The van der Waals surface area contributed by atoms with Gasteiger partial charge in [0, 0.05) is 0 Å². The number of hydrogen-bond acceptors (Lipinski definition) is 4. The third-order valence-corrected chi connectivity index (χ3v) is 10.7. The fourth-order valence-corrected chi connectivity index (χ4v) is 8.33. The Hall–Kier alpha value is -1.50. The minimum Gasteiger partial charge on any atom is -0.424 e. The molecule has 3 rings (SSSR count). The van der Waals surface area contributed by atoms with Gasteiger partial charge in [0.05, 0.1) is 12.7 Å². The number of aliphatic hydroxyl groups is 1. The van der Waals surface area contributed by atoms with E-state index in [1.807, 2.05) is 50.2 Å². The molecule has 1 heterocycles. The summed E-state index contributed by atoms with van der Waals surface area (Å²) in [5, 5.41) is 11.4. The number of hydrogen-bond donors (Lipinski definition) is 2. The van der Waals surface area contributed by atoms with Gasteiger partial charge in [0.2, 0.25) is 0 Å². The summed E-state index contributed by atoms with van der Waals surface area (Å²) in [5.74, 6) is -0.656. The van der Waals surface area contributed by atoms with Crippen LogP contribution in [0.1, 0.15) is 47.0 Å². The summed E-state index contributed by atoms with van der Waals surface area (Å²) in [6.45, 7) is 8.09. The van der Waals surface area contributed by atoms with E-state index >= 15 is 0 Å². The van der Waals surface area contributed by atoms with Gasteiger partial charge >= 0.3 is 0 Å². The first-order valence-corrected chi connectivity index (χ1v) is 12.4. The second kappa shape index (κ2) is 8.70. The van der Waals surface area contributed by atoms with Crippen LogP contribution in [0.3, 0.4) is 0 Å². The summed E-state index contributed by atoms with van der Waals surface area (Å²) in [6.07, 6.45) is 2.15. The van der Waals surface area contributed by atoms with Gasteiger partial charge in [-0.3, -0.25) is 0 Å². The van der Waals surface area contributed by atoms with Crippen LogP contribution in [0.15, 0.2) is 60.7 Å². The van der Waals surface area contributed by atoms with E-state index < -0.39 is 14.1 Å². The molecule has 158 valence electrons. The predicted octanol–water partition coefficient (Wildman–Crippen LogP) is 3.20. The fraction of sp³-hybridized carbons (Fsp3) is 0.500. The van der Waals surface area contributed by atoms with Gasteiger partial charge in [-0.15, -0.1) is 0 Å². The normalized spacial score (nSPS) is 22.0. The van der Waals surface area contributed by atoms with Gasteiger partial charge in [0.1, 0.15) is 6.10 Å². The number of ether oxygens (including phenoxy) is 2. The molecule has 0 unspecified atom stereocenters. The molecule has 4 nitrogen and oxygen atoms in total. The van der Waals surface area contributed by atoms with E-state index in [0.717, 1.165) is 29.6 Å². The molecule has 1 aliphatic heterocycles. The van der Waals surface area contributed by atoms with Gasteiger partial charge in [0.15, 0.2) is 5.79 Å². The summed E-state index contributed by atoms with van der Waals surface area (Å²) >= 11 is 0. The van der Waals surface area contributed by atoms with Crippen molar-refractivity contribution in [3.05, 3.63) is 60.7 Å². The molecule has 2 atom stereocenters. The Morgan fingerprint density at radius 3 is 1.86 bits per heavy atom. The van der Waals surface area contributed by atoms with Crippen LogP contribution in [0.25, 0.3) is 0 Å². The van der Waals surface area contributed by atoms with Crippen molar-refractivity contribution < 1.29 is 19.4 Å². The Balaban J connectivity index is 1.79. The largest absolute Gasteiger partial charge is 0.424 e. The van der Waals surface area contributed by atoms with Crippen molar-refractivity contribution >= 4 is 18.7 Å². The Bertz CT molecular complexity index is 736. The molecule has 1 fully saturated rings. The molecule has 2 aromatic carbocycles. The average Bonchev–Trinajstić information content (AvgIpc) is 3.02. The lowest BCUT2D eigenvalue weighted by molar-refractivity contribution is -0.149. The zero-order valence-electron chi connectivity index (χ0n) is 18.0. The number of benzene rings is 2. The van der Waals surface area contributed by atoms with Gasteiger partial charge in [-0.25, -0.2) is 0 Å². The summed E-state index contributed by atoms with van der Waals surface area (Å²) in [7, 11) is -2.98. The first kappa shape index (κ1) is 22.2. The van der Waals surface area contributed by atoms with Crippen molar-refractivity contribution in [2.75, 3.05) is 6.61 Å². The van der Waals surface area contributed by atoms with Crippen molar-refractivity contribution in [3.63, 3.8) is 0 Å². The van der Waals surface area contributed by atoms with Crippen LogP contribution in [-0.4, -0.2) is 42.8 Å². The van der Waals surface area contributed by atoms with Crippen molar-refractivity contribution in [2.24, 2.45) is 0 Å². The summed E-state index contributed by atoms with van der Waals surface area (Å²) in [4.78, 5) is 12.2. The maximum Gasteiger partial charge on any atom is 0.258 e. The molecular weight excluding hydrogens is 380 g/mol. The molecule has 0 amide bonds. The minimum absolute atomic E-state index is 0.0375. The quantitative estimate of drug-likeness (QED) is 0.651.